The van der Waals surface area contributed by atoms with Crippen LogP contribution in [0.4, 0.5) is 0 Å². The highest BCUT2D eigenvalue weighted by molar-refractivity contribution is 6.62. The molecule has 0 atom stereocenters. The van der Waals surface area contributed by atoms with E-state index in [2.05, 4.69) is 4.98 Å². The Morgan fingerprint density at radius 3 is 2.42 bits per heavy atom. The highest BCUT2D eigenvalue weighted by Crippen LogP contribution is 2.36. The summed E-state index contributed by atoms with van der Waals surface area (Å²) < 4.78 is 19.7. The van der Waals surface area contributed by atoms with Gasteiger partial charge >= 0.3 is 7.12 Å². The van der Waals surface area contributed by atoms with Crippen molar-refractivity contribution in [2.75, 3.05) is 7.11 Å². The summed E-state index contributed by atoms with van der Waals surface area (Å²) in [5.74, 6) is 1.58. The van der Waals surface area contributed by atoms with Crippen molar-refractivity contribution in [3.63, 3.8) is 0 Å². The lowest BCUT2D eigenvalue weighted by Crippen LogP contribution is -2.41. The number of ether oxygens (including phenoxy) is 1. The zero-order valence-electron chi connectivity index (χ0n) is 20.5. The maximum atomic E-state index is 12.8. The highest BCUT2D eigenvalue weighted by atomic mass is 16.7. The molecule has 0 unspecified atom stereocenters. The minimum Gasteiger partial charge on any atom is -0.481 e. The van der Waals surface area contributed by atoms with Crippen LogP contribution in [0.3, 0.4) is 0 Å². The number of rotatable bonds is 7. The Bertz CT molecular complexity index is 1170. The number of pyridine rings is 1. The van der Waals surface area contributed by atoms with Gasteiger partial charge in [0.05, 0.1) is 35.9 Å². The lowest BCUT2D eigenvalue weighted by Gasteiger charge is -2.32. The Morgan fingerprint density at radius 2 is 1.79 bits per heavy atom. The summed E-state index contributed by atoms with van der Waals surface area (Å²) in [6.45, 7) is 12.5. The maximum absolute atomic E-state index is 12.8. The van der Waals surface area contributed by atoms with Crippen molar-refractivity contribution in [1.29, 1.82) is 0 Å². The third-order valence-corrected chi connectivity index (χ3v) is 6.43. The number of methoxy groups -OCH3 is 1. The quantitative estimate of drug-likeness (QED) is 0.508. The minimum absolute atomic E-state index is 0.156. The fourth-order valence-electron chi connectivity index (χ4n) is 3.98. The van der Waals surface area contributed by atoms with Crippen LogP contribution in [-0.4, -0.2) is 45.7 Å². The van der Waals surface area contributed by atoms with E-state index in [1.807, 2.05) is 76.4 Å². The van der Waals surface area contributed by atoms with Crippen molar-refractivity contribution in [2.45, 2.75) is 65.7 Å². The van der Waals surface area contributed by atoms with Gasteiger partial charge in [-0.25, -0.2) is 9.97 Å². The van der Waals surface area contributed by atoms with Gasteiger partial charge in [0, 0.05) is 12.5 Å². The number of fused-ring (bicyclic) bond motifs is 1. The van der Waals surface area contributed by atoms with Crippen molar-refractivity contribution in [3.05, 3.63) is 36.4 Å². The summed E-state index contributed by atoms with van der Waals surface area (Å²) in [5.41, 5.74) is 2.33. The van der Waals surface area contributed by atoms with E-state index in [1.165, 1.54) is 0 Å². The fourth-order valence-corrected chi connectivity index (χ4v) is 3.98. The summed E-state index contributed by atoms with van der Waals surface area (Å²) in [5, 5.41) is 0. The van der Waals surface area contributed by atoms with Crippen molar-refractivity contribution in [3.8, 4) is 17.4 Å². The predicted molar refractivity (Wildman–Crippen MR) is 130 cm³/mol. The van der Waals surface area contributed by atoms with Gasteiger partial charge < -0.3 is 18.6 Å². The molecule has 0 radical (unpaired) electrons. The topological polar surface area (TPSA) is 75.5 Å². The molecular weight excluding hydrogens is 417 g/mol. The summed E-state index contributed by atoms with van der Waals surface area (Å²) >= 11 is 0. The third-order valence-electron chi connectivity index (χ3n) is 6.43. The monoisotopic (exact) mass is 449 g/mol. The van der Waals surface area contributed by atoms with Crippen molar-refractivity contribution >= 4 is 29.4 Å². The molecule has 3 aromatic rings. The molecule has 0 saturated carbocycles. The number of carbonyl (C=O) groups excluding carboxylic acids is 1. The van der Waals surface area contributed by atoms with Gasteiger partial charge in [-0.2, -0.15) is 0 Å². The first-order valence-electron chi connectivity index (χ1n) is 11.4. The second-order valence-corrected chi connectivity index (χ2v) is 10.1. The van der Waals surface area contributed by atoms with Gasteiger partial charge in [0.15, 0.2) is 11.6 Å². The number of carbonyl (C=O) groups is 1. The molecular formula is C25H32BN3O4. The number of benzene rings is 1. The molecule has 1 fully saturated rings. The molecule has 2 aromatic heterocycles. The van der Waals surface area contributed by atoms with E-state index in [1.54, 1.807) is 13.2 Å². The van der Waals surface area contributed by atoms with Gasteiger partial charge in [0.2, 0.25) is 5.88 Å². The Morgan fingerprint density at radius 1 is 1.09 bits per heavy atom. The number of nitrogens with zero attached hydrogens (tertiary/aromatic N) is 3. The van der Waals surface area contributed by atoms with Crippen LogP contribution in [0.2, 0.25) is 0 Å². The summed E-state index contributed by atoms with van der Waals surface area (Å²) in [6.07, 6.45) is 0.511. The van der Waals surface area contributed by atoms with Crippen LogP contribution >= 0.6 is 0 Å². The van der Waals surface area contributed by atoms with Crippen molar-refractivity contribution in [2.24, 2.45) is 5.92 Å². The molecule has 1 aliphatic heterocycles. The molecule has 0 bridgehead atoms. The Hall–Kier alpha value is -2.71. The average molecular weight is 449 g/mol. The first-order valence-corrected chi connectivity index (χ1v) is 11.4. The summed E-state index contributed by atoms with van der Waals surface area (Å²) in [4.78, 5) is 22.2. The lowest BCUT2D eigenvalue weighted by atomic mass is 9.79. The number of imidazole rings is 1. The molecule has 1 aliphatic rings. The van der Waals surface area contributed by atoms with E-state index in [0.717, 1.165) is 16.5 Å². The van der Waals surface area contributed by atoms with Crippen molar-refractivity contribution in [1.82, 2.24) is 14.5 Å². The first kappa shape index (κ1) is 23.5. The van der Waals surface area contributed by atoms with Gasteiger partial charge in [-0.1, -0.05) is 26.0 Å². The fraction of sp³-hybridized carbons (Fsp3) is 0.480. The number of hydrogen-bond donors (Lipinski definition) is 0. The standard InChI is InChI=1S/C25H32BN3O4/c1-16(2)13-18(30)15-29-21-12-11-17(26-32-24(3,4)25(5,6)33-26)14-20(21)28-23(29)19-9-8-10-22(27-19)31-7/h8-12,14,16H,13,15H2,1-7H3. The first-order chi connectivity index (χ1) is 15.5. The van der Waals surface area contributed by atoms with Crippen LogP contribution in [0.1, 0.15) is 48.0 Å². The Labute approximate surface area is 195 Å². The average Bonchev–Trinajstić information content (AvgIpc) is 3.20. The molecule has 8 heteroatoms. The molecule has 33 heavy (non-hydrogen) atoms. The third kappa shape index (κ3) is 4.55. The molecule has 1 saturated heterocycles. The molecule has 4 rings (SSSR count). The van der Waals surface area contributed by atoms with Crippen LogP contribution < -0.4 is 10.2 Å². The Kier molecular flexibility index (Phi) is 6.10. The molecule has 0 aliphatic carbocycles. The van der Waals surface area contributed by atoms with Crippen LogP contribution in [0.5, 0.6) is 5.88 Å². The largest absolute Gasteiger partial charge is 0.494 e. The van der Waals surface area contributed by atoms with E-state index < -0.39 is 18.3 Å². The van der Waals surface area contributed by atoms with E-state index in [0.29, 0.717) is 29.7 Å². The molecule has 174 valence electrons. The van der Waals surface area contributed by atoms with Gasteiger partial charge in [-0.15, -0.1) is 0 Å². The second-order valence-electron chi connectivity index (χ2n) is 10.1. The van der Waals surface area contributed by atoms with E-state index in [4.69, 9.17) is 19.0 Å². The van der Waals surface area contributed by atoms with E-state index in [-0.39, 0.29) is 12.3 Å². The van der Waals surface area contributed by atoms with Crippen LogP contribution in [0.25, 0.3) is 22.6 Å². The van der Waals surface area contributed by atoms with Crippen LogP contribution in [-0.2, 0) is 20.6 Å². The van der Waals surface area contributed by atoms with Gasteiger partial charge in [0.1, 0.15) is 5.69 Å². The summed E-state index contributed by atoms with van der Waals surface area (Å²) in [6, 6.07) is 11.5. The zero-order chi connectivity index (χ0) is 24.0. The molecule has 1 aromatic carbocycles. The van der Waals surface area contributed by atoms with E-state index >= 15 is 0 Å². The number of ketones is 1. The summed E-state index contributed by atoms with van der Waals surface area (Å²) in [7, 11) is 1.10. The number of aromatic nitrogens is 3. The smallest absolute Gasteiger partial charge is 0.481 e. The molecule has 0 spiro atoms. The molecule has 0 amide bonds. The maximum Gasteiger partial charge on any atom is 0.494 e. The van der Waals surface area contributed by atoms with Crippen LogP contribution in [0.15, 0.2) is 36.4 Å². The highest BCUT2D eigenvalue weighted by Gasteiger charge is 2.51. The SMILES string of the molecule is COc1cccc(-c2nc3cc(B4OC(C)(C)C(C)(C)O4)ccc3n2CC(=O)CC(C)C)n1. The minimum atomic E-state index is -0.481. The normalized spacial score (nSPS) is 17.2. The predicted octanol–water partition coefficient (Wildman–Crippen LogP) is 4.02. The zero-order valence-corrected chi connectivity index (χ0v) is 20.5. The number of hydrogen-bond acceptors (Lipinski definition) is 6. The van der Waals surface area contributed by atoms with Gasteiger partial charge in [-0.05, 0) is 57.3 Å². The number of Topliss-reactive ketones (excluding diaryl/α,β-unsaturated/α-hetero) is 1. The lowest BCUT2D eigenvalue weighted by molar-refractivity contribution is -0.120. The van der Waals surface area contributed by atoms with Crippen molar-refractivity contribution < 1.29 is 18.8 Å². The molecule has 0 N–H and O–H groups in total. The van der Waals surface area contributed by atoms with Crippen LogP contribution in [0, 0.1) is 5.92 Å². The molecule has 3 heterocycles. The van der Waals surface area contributed by atoms with Gasteiger partial charge in [-0.3, -0.25) is 4.79 Å². The van der Waals surface area contributed by atoms with Gasteiger partial charge in [0.25, 0.3) is 0 Å². The second kappa shape index (κ2) is 8.58. The van der Waals surface area contributed by atoms with E-state index in [9.17, 15) is 4.79 Å². The Balaban J connectivity index is 1.78. The molecule has 7 nitrogen and oxygen atoms in total.